The number of hydrogen-bond acceptors (Lipinski definition) is 5. The van der Waals surface area contributed by atoms with Crippen LogP contribution >= 0.6 is 11.9 Å². The molecule has 0 unspecified atom stereocenters. The molecule has 12 heavy (non-hydrogen) atoms. The first-order chi connectivity index (χ1) is 5.83. The highest BCUT2D eigenvalue weighted by Crippen LogP contribution is 2.40. The first-order valence-corrected chi connectivity index (χ1v) is 4.65. The molecule has 2 rings (SSSR count). The van der Waals surface area contributed by atoms with E-state index < -0.39 is 0 Å². The SMILES string of the molecule is COC(=O)C1=C(C2CC2)NNS1. The number of carbonyl (C=O) groups excluding carboxylic acids is 1. The van der Waals surface area contributed by atoms with Crippen molar-refractivity contribution in [2.45, 2.75) is 12.8 Å². The van der Waals surface area contributed by atoms with E-state index >= 15 is 0 Å². The summed E-state index contributed by atoms with van der Waals surface area (Å²) < 4.78 is 4.64. The summed E-state index contributed by atoms with van der Waals surface area (Å²) in [4.78, 5) is 14.7. The van der Waals surface area contributed by atoms with E-state index in [4.69, 9.17) is 0 Å². The summed E-state index contributed by atoms with van der Waals surface area (Å²) >= 11 is 1.30. The molecular weight excluding hydrogens is 176 g/mol. The number of carbonyl (C=O) groups is 1. The third-order valence-corrected chi connectivity index (χ3v) is 2.73. The van der Waals surface area contributed by atoms with Gasteiger partial charge in [0.15, 0.2) is 0 Å². The van der Waals surface area contributed by atoms with E-state index in [1.54, 1.807) is 0 Å². The highest BCUT2D eigenvalue weighted by Gasteiger charge is 2.34. The lowest BCUT2D eigenvalue weighted by atomic mass is 10.3. The van der Waals surface area contributed by atoms with Crippen LogP contribution in [0, 0.1) is 5.92 Å². The van der Waals surface area contributed by atoms with Crippen LogP contribution in [0.2, 0.25) is 0 Å². The lowest BCUT2D eigenvalue weighted by Gasteiger charge is -2.00. The molecule has 0 saturated heterocycles. The third kappa shape index (κ3) is 1.30. The van der Waals surface area contributed by atoms with Crippen LogP contribution in [0.3, 0.4) is 0 Å². The molecular formula is C7H10N2O2S. The fourth-order valence-corrected chi connectivity index (χ4v) is 1.90. The van der Waals surface area contributed by atoms with E-state index in [0.29, 0.717) is 10.8 Å². The van der Waals surface area contributed by atoms with Gasteiger partial charge in [-0.3, -0.25) is 0 Å². The van der Waals surface area contributed by atoms with Crippen molar-refractivity contribution in [3.8, 4) is 0 Å². The molecule has 0 radical (unpaired) electrons. The van der Waals surface area contributed by atoms with Crippen LogP contribution in [-0.4, -0.2) is 13.1 Å². The number of esters is 1. The Morgan fingerprint density at radius 3 is 3.00 bits per heavy atom. The third-order valence-electron chi connectivity index (χ3n) is 1.94. The Labute approximate surface area is 74.8 Å². The molecule has 1 saturated carbocycles. The number of hydrazine groups is 1. The van der Waals surface area contributed by atoms with Crippen LogP contribution in [0.1, 0.15) is 12.8 Å². The Hall–Kier alpha value is -0.680. The van der Waals surface area contributed by atoms with Crippen molar-refractivity contribution in [3.05, 3.63) is 10.6 Å². The van der Waals surface area contributed by atoms with Crippen molar-refractivity contribution in [3.63, 3.8) is 0 Å². The zero-order valence-electron chi connectivity index (χ0n) is 6.72. The van der Waals surface area contributed by atoms with Crippen molar-refractivity contribution in [1.29, 1.82) is 0 Å². The molecule has 1 aliphatic carbocycles. The fraction of sp³-hybridized carbons (Fsp3) is 0.571. The van der Waals surface area contributed by atoms with Crippen LogP contribution in [0.25, 0.3) is 0 Å². The largest absolute Gasteiger partial charge is 0.465 e. The average Bonchev–Trinajstić information content (AvgIpc) is 2.83. The molecule has 0 bridgehead atoms. The zero-order chi connectivity index (χ0) is 8.55. The van der Waals surface area contributed by atoms with E-state index in [1.165, 1.54) is 31.9 Å². The number of hydrogen-bond donors (Lipinski definition) is 2. The van der Waals surface area contributed by atoms with Gasteiger partial charge in [0.1, 0.15) is 4.91 Å². The van der Waals surface area contributed by atoms with Gasteiger partial charge in [-0.2, -0.15) is 4.83 Å². The van der Waals surface area contributed by atoms with Gasteiger partial charge in [0.2, 0.25) is 0 Å². The molecule has 2 aliphatic rings. The van der Waals surface area contributed by atoms with Gasteiger partial charge in [-0.05, 0) is 24.8 Å². The molecule has 0 spiro atoms. The van der Waals surface area contributed by atoms with Gasteiger partial charge in [-0.15, -0.1) is 0 Å². The minimum absolute atomic E-state index is 0.251. The van der Waals surface area contributed by atoms with Crippen LogP contribution in [0.15, 0.2) is 10.6 Å². The van der Waals surface area contributed by atoms with Gasteiger partial charge in [-0.25, -0.2) is 4.79 Å². The number of methoxy groups -OCH3 is 1. The normalized spacial score (nSPS) is 22.4. The smallest absolute Gasteiger partial charge is 0.347 e. The maximum Gasteiger partial charge on any atom is 0.347 e. The highest BCUT2D eigenvalue weighted by molar-refractivity contribution is 8.02. The van der Waals surface area contributed by atoms with Crippen molar-refractivity contribution >= 4 is 17.9 Å². The van der Waals surface area contributed by atoms with Crippen LogP contribution in [0.4, 0.5) is 0 Å². The molecule has 1 heterocycles. The predicted molar refractivity (Wildman–Crippen MR) is 45.6 cm³/mol. The quantitative estimate of drug-likeness (QED) is 0.487. The number of ether oxygens (including phenoxy) is 1. The predicted octanol–water partition coefficient (Wildman–Crippen LogP) is 0.537. The van der Waals surface area contributed by atoms with Crippen molar-refractivity contribution in [2.24, 2.45) is 5.92 Å². The second-order valence-electron chi connectivity index (χ2n) is 2.84. The topological polar surface area (TPSA) is 50.4 Å². The van der Waals surface area contributed by atoms with Gasteiger partial charge in [0.05, 0.1) is 12.8 Å². The molecule has 2 N–H and O–H groups in total. The second-order valence-corrected chi connectivity index (χ2v) is 3.65. The second kappa shape index (κ2) is 2.99. The Kier molecular flexibility index (Phi) is 1.98. The molecule has 66 valence electrons. The number of allylic oxidation sites excluding steroid dienone is 1. The van der Waals surface area contributed by atoms with Crippen LogP contribution in [-0.2, 0) is 9.53 Å². The maximum absolute atomic E-state index is 11.2. The van der Waals surface area contributed by atoms with E-state index in [1.807, 2.05) is 0 Å². The van der Waals surface area contributed by atoms with Crippen molar-refractivity contribution < 1.29 is 9.53 Å². The molecule has 4 nitrogen and oxygen atoms in total. The van der Waals surface area contributed by atoms with Gasteiger partial charge in [-0.1, -0.05) is 0 Å². The minimum atomic E-state index is -0.251. The lowest BCUT2D eigenvalue weighted by Crippen LogP contribution is -2.19. The van der Waals surface area contributed by atoms with E-state index in [2.05, 4.69) is 15.0 Å². The molecule has 0 aromatic carbocycles. The average molecular weight is 186 g/mol. The maximum atomic E-state index is 11.2. The zero-order valence-corrected chi connectivity index (χ0v) is 7.53. The van der Waals surface area contributed by atoms with E-state index in [9.17, 15) is 4.79 Å². The van der Waals surface area contributed by atoms with Crippen molar-refractivity contribution in [2.75, 3.05) is 7.11 Å². The number of rotatable bonds is 2. The van der Waals surface area contributed by atoms with Gasteiger partial charge in [0, 0.05) is 5.92 Å². The molecule has 5 heteroatoms. The minimum Gasteiger partial charge on any atom is -0.465 e. The summed E-state index contributed by atoms with van der Waals surface area (Å²) in [5.74, 6) is 0.293. The monoisotopic (exact) mass is 186 g/mol. The van der Waals surface area contributed by atoms with Crippen LogP contribution < -0.4 is 10.3 Å². The molecule has 0 aromatic heterocycles. The Bertz CT molecular complexity index is 248. The van der Waals surface area contributed by atoms with E-state index in [0.717, 1.165) is 5.70 Å². The first kappa shape index (κ1) is 7.94. The molecule has 0 atom stereocenters. The molecule has 0 aromatic rings. The van der Waals surface area contributed by atoms with Crippen LogP contribution in [0.5, 0.6) is 0 Å². The van der Waals surface area contributed by atoms with Gasteiger partial charge in [0.25, 0.3) is 0 Å². The summed E-state index contributed by atoms with van der Waals surface area (Å²) in [5, 5.41) is 0. The van der Waals surface area contributed by atoms with Crippen molar-refractivity contribution in [1.82, 2.24) is 10.3 Å². The Morgan fingerprint density at radius 2 is 2.42 bits per heavy atom. The summed E-state index contributed by atoms with van der Waals surface area (Å²) in [6, 6.07) is 0. The standard InChI is InChI=1S/C7H10N2O2S/c1-11-7(10)6-5(4-2-3-4)8-9-12-6/h4,8-9H,2-3H2,1H3. The summed E-state index contributed by atoms with van der Waals surface area (Å²) in [6.45, 7) is 0. The van der Waals surface area contributed by atoms with E-state index in [-0.39, 0.29) is 5.97 Å². The first-order valence-electron chi connectivity index (χ1n) is 3.83. The Morgan fingerprint density at radius 1 is 1.67 bits per heavy atom. The van der Waals surface area contributed by atoms with Gasteiger partial charge >= 0.3 is 5.97 Å². The Balaban J connectivity index is 2.18. The fourth-order valence-electron chi connectivity index (χ4n) is 1.15. The molecule has 0 amide bonds. The summed E-state index contributed by atoms with van der Waals surface area (Å²) in [5.41, 5.74) is 3.98. The number of nitrogens with one attached hydrogen (secondary N) is 2. The molecule has 1 fully saturated rings. The highest BCUT2D eigenvalue weighted by atomic mass is 32.2. The lowest BCUT2D eigenvalue weighted by molar-refractivity contribution is -0.135. The van der Waals surface area contributed by atoms with Gasteiger partial charge < -0.3 is 10.2 Å². The summed E-state index contributed by atoms with van der Waals surface area (Å²) in [7, 11) is 1.40. The molecule has 1 aliphatic heterocycles. The summed E-state index contributed by atoms with van der Waals surface area (Å²) in [6.07, 6.45) is 2.34.